The summed E-state index contributed by atoms with van der Waals surface area (Å²) in [5, 5.41) is 16.8. The van der Waals surface area contributed by atoms with Crippen LogP contribution in [-0.4, -0.2) is 36.3 Å². The van der Waals surface area contributed by atoms with Crippen LogP contribution in [0, 0.1) is 11.3 Å². The van der Waals surface area contributed by atoms with Crippen LogP contribution < -0.4 is 9.47 Å². The van der Waals surface area contributed by atoms with E-state index in [2.05, 4.69) is 10.3 Å². The van der Waals surface area contributed by atoms with Gasteiger partial charge < -0.3 is 14.2 Å². The largest absolute Gasteiger partial charge is 0.493 e. The fourth-order valence-corrected chi connectivity index (χ4v) is 1.82. The molecule has 1 aromatic heterocycles. The third-order valence-corrected chi connectivity index (χ3v) is 2.76. The van der Waals surface area contributed by atoms with E-state index in [0.717, 1.165) is 0 Å². The highest BCUT2D eigenvalue weighted by molar-refractivity contribution is 5.49. The van der Waals surface area contributed by atoms with E-state index in [4.69, 9.17) is 19.5 Å². The van der Waals surface area contributed by atoms with Crippen molar-refractivity contribution in [1.29, 1.82) is 5.26 Å². The number of rotatable bonds is 5. The van der Waals surface area contributed by atoms with E-state index < -0.39 is 0 Å². The quantitative estimate of drug-likeness (QED) is 0.817. The van der Waals surface area contributed by atoms with Crippen molar-refractivity contribution in [2.24, 2.45) is 0 Å². The highest BCUT2D eigenvalue weighted by atomic mass is 16.5. The molecule has 104 valence electrons. The van der Waals surface area contributed by atoms with Crippen molar-refractivity contribution < 1.29 is 14.2 Å². The minimum absolute atomic E-state index is 0.238. The summed E-state index contributed by atoms with van der Waals surface area (Å²) in [6.45, 7) is 0.240. The minimum Gasteiger partial charge on any atom is -0.493 e. The number of nitrogens with zero attached hydrogens (tertiary/aromatic N) is 4. The molecule has 0 spiro atoms. The van der Waals surface area contributed by atoms with Gasteiger partial charge in [-0.2, -0.15) is 5.26 Å². The number of hydrogen-bond acceptors (Lipinski definition) is 6. The smallest absolute Gasteiger partial charge is 0.188 e. The Balaban J connectivity index is 2.51. The molecule has 2 aromatic rings. The summed E-state index contributed by atoms with van der Waals surface area (Å²) >= 11 is 0. The van der Waals surface area contributed by atoms with Crippen LogP contribution in [0.2, 0.25) is 0 Å². The van der Waals surface area contributed by atoms with Crippen LogP contribution in [-0.2, 0) is 11.3 Å². The average molecular weight is 274 g/mol. The molecule has 2 rings (SSSR count). The second kappa shape index (κ2) is 6.04. The van der Waals surface area contributed by atoms with Gasteiger partial charge in [0.25, 0.3) is 0 Å². The Kier molecular flexibility index (Phi) is 4.17. The molecule has 0 fully saturated rings. The molecule has 0 saturated carbocycles. The molecule has 7 nitrogen and oxygen atoms in total. The fraction of sp³-hybridized carbons (Fsp3) is 0.308. The Morgan fingerprint density at radius 3 is 2.55 bits per heavy atom. The first-order chi connectivity index (χ1) is 9.74. The number of nitriles is 1. The van der Waals surface area contributed by atoms with Gasteiger partial charge >= 0.3 is 0 Å². The molecule has 0 unspecified atom stereocenters. The molecule has 0 aliphatic heterocycles. The van der Waals surface area contributed by atoms with Gasteiger partial charge in [0.15, 0.2) is 17.2 Å². The van der Waals surface area contributed by atoms with Crippen molar-refractivity contribution in [2.75, 3.05) is 21.3 Å². The maximum Gasteiger partial charge on any atom is 0.188 e. The Bertz CT molecular complexity index is 646. The summed E-state index contributed by atoms with van der Waals surface area (Å²) in [6.07, 6.45) is 0. The second-order valence-electron chi connectivity index (χ2n) is 3.88. The molecule has 0 radical (unpaired) electrons. The molecule has 1 heterocycles. The highest BCUT2D eigenvalue weighted by Gasteiger charge is 2.15. The molecule has 0 bridgehead atoms. The number of hydrogen-bond donors (Lipinski definition) is 0. The number of ether oxygens (including phenoxy) is 3. The van der Waals surface area contributed by atoms with E-state index in [1.807, 2.05) is 6.07 Å². The van der Waals surface area contributed by atoms with Gasteiger partial charge in [0.2, 0.25) is 0 Å². The lowest BCUT2D eigenvalue weighted by Gasteiger charge is -2.10. The molecule has 1 aromatic carbocycles. The first kappa shape index (κ1) is 13.8. The number of methoxy groups -OCH3 is 3. The standard InChI is InChI=1S/C13H14N4O3/c1-18-8-11-10(7-14)15-16-17(11)9-4-5-12(19-2)13(6-9)20-3/h4-6H,8H2,1-3H3. The van der Waals surface area contributed by atoms with E-state index in [1.165, 1.54) is 0 Å². The molecule has 0 atom stereocenters. The average Bonchev–Trinajstić information content (AvgIpc) is 2.89. The molecule has 7 heteroatoms. The van der Waals surface area contributed by atoms with Crippen LogP contribution in [0.5, 0.6) is 11.5 Å². The van der Waals surface area contributed by atoms with Crippen LogP contribution in [0.1, 0.15) is 11.4 Å². The maximum absolute atomic E-state index is 9.02. The normalized spacial score (nSPS) is 10.1. The summed E-state index contributed by atoms with van der Waals surface area (Å²) in [5.41, 5.74) is 1.53. The van der Waals surface area contributed by atoms with E-state index in [0.29, 0.717) is 22.9 Å². The van der Waals surface area contributed by atoms with Crippen molar-refractivity contribution in [3.05, 3.63) is 29.6 Å². The third kappa shape index (κ3) is 2.41. The predicted octanol–water partition coefficient (Wildman–Crippen LogP) is 1.30. The van der Waals surface area contributed by atoms with Crippen LogP contribution in [0.3, 0.4) is 0 Å². The number of benzene rings is 1. The van der Waals surface area contributed by atoms with Crippen molar-refractivity contribution in [1.82, 2.24) is 15.0 Å². The van der Waals surface area contributed by atoms with E-state index >= 15 is 0 Å². The first-order valence-corrected chi connectivity index (χ1v) is 5.81. The fourth-order valence-electron chi connectivity index (χ4n) is 1.82. The zero-order valence-electron chi connectivity index (χ0n) is 11.5. The summed E-state index contributed by atoms with van der Waals surface area (Å²) in [7, 11) is 4.67. The molecule has 0 N–H and O–H groups in total. The molecule has 0 amide bonds. The SMILES string of the molecule is COCc1c(C#N)nnn1-c1ccc(OC)c(OC)c1. The second-order valence-corrected chi connectivity index (χ2v) is 3.88. The Morgan fingerprint density at radius 2 is 1.95 bits per heavy atom. The van der Waals surface area contributed by atoms with E-state index in [1.54, 1.807) is 44.2 Å². The van der Waals surface area contributed by atoms with Gasteiger partial charge in [-0.05, 0) is 12.1 Å². The van der Waals surface area contributed by atoms with Crippen molar-refractivity contribution in [3.63, 3.8) is 0 Å². The van der Waals surface area contributed by atoms with Gasteiger partial charge in [-0.1, -0.05) is 5.21 Å². The highest BCUT2D eigenvalue weighted by Crippen LogP contribution is 2.29. The van der Waals surface area contributed by atoms with Gasteiger partial charge in [-0.3, -0.25) is 0 Å². The summed E-state index contributed by atoms with van der Waals surface area (Å²) in [6, 6.07) is 7.31. The van der Waals surface area contributed by atoms with Crippen molar-refractivity contribution >= 4 is 0 Å². The molecule has 20 heavy (non-hydrogen) atoms. The van der Waals surface area contributed by atoms with Crippen LogP contribution >= 0.6 is 0 Å². The zero-order chi connectivity index (χ0) is 14.5. The van der Waals surface area contributed by atoms with Gasteiger partial charge in [-0.25, -0.2) is 4.68 Å². The Labute approximate surface area is 116 Å². The topological polar surface area (TPSA) is 82.2 Å². The van der Waals surface area contributed by atoms with Crippen molar-refractivity contribution in [2.45, 2.75) is 6.61 Å². The van der Waals surface area contributed by atoms with Gasteiger partial charge in [0.1, 0.15) is 11.8 Å². The van der Waals surface area contributed by atoms with Crippen LogP contribution in [0.25, 0.3) is 5.69 Å². The molecule has 0 saturated heterocycles. The van der Waals surface area contributed by atoms with Crippen molar-refractivity contribution in [3.8, 4) is 23.3 Å². The van der Waals surface area contributed by atoms with Gasteiger partial charge in [-0.15, -0.1) is 5.10 Å². The molecule has 0 aliphatic carbocycles. The monoisotopic (exact) mass is 274 g/mol. The lowest BCUT2D eigenvalue weighted by atomic mass is 10.2. The Morgan fingerprint density at radius 1 is 1.20 bits per heavy atom. The first-order valence-electron chi connectivity index (χ1n) is 5.81. The number of aromatic nitrogens is 3. The lowest BCUT2D eigenvalue weighted by Crippen LogP contribution is -2.05. The summed E-state index contributed by atoms with van der Waals surface area (Å²) in [5.74, 6) is 1.19. The molecular weight excluding hydrogens is 260 g/mol. The zero-order valence-corrected chi connectivity index (χ0v) is 11.5. The lowest BCUT2D eigenvalue weighted by molar-refractivity contribution is 0.179. The Hall–Kier alpha value is -2.59. The van der Waals surface area contributed by atoms with Crippen LogP contribution in [0.15, 0.2) is 18.2 Å². The van der Waals surface area contributed by atoms with E-state index in [-0.39, 0.29) is 12.3 Å². The van der Waals surface area contributed by atoms with Gasteiger partial charge in [0, 0.05) is 13.2 Å². The third-order valence-electron chi connectivity index (χ3n) is 2.76. The summed E-state index contributed by atoms with van der Waals surface area (Å²) < 4.78 is 17.1. The predicted molar refractivity (Wildman–Crippen MR) is 69.9 cm³/mol. The van der Waals surface area contributed by atoms with Crippen LogP contribution in [0.4, 0.5) is 0 Å². The maximum atomic E-state index is 9.02. The molecular formula is C13H14N4O3. The van der Waals surface area contributed by atoms with E-state index in [9.17, 15) is 0 Å². The summed E-state index contributed by atoms with van der Waals surface area (Å²) in [4.78, 5) is 0. The molecule has 0 aliphatic rings. The minimum atomic E-state index is 0.238. The van der Waals surface area contributed by atoms with Gasteiger partial charge in [0.05, 0.1) is 26.5 Å².